The molecule has 140 valence electrons. The Morgan fingerprint density at radius 2 is 1.88 bits per heavy atom. The highest BCUT2D eigenvalue weighted by Crippen LogP contribution is 2.28. The van der Waals surface area contributed by atoms with Gasteiger partial charge in [-0.25, -0.2) is 9.59 Å². The molecule has 1 heterocycles. The van der Waals surface area contributed by atoms with Gasteiger partial charge in [-0.05, 0) is 25.3 Å². The molecule has 0 aromatic heterocycles. The molecule has 1 aromatic rings. The summed E-state index contributed by atoms with van der Waals surface area (Å²) in [6.45, 7) is 2.45. The van der Waals surface area contributed by atoms with Crippen molar-refractivity contribution < 1.29 is 14.3 Å². The van der Waals surface area contributed by atoms with Crippen LogP contribution in [0.5, 0.6) is 0 Å². The van der Waals surface area contributed by atoms with E-state index in [4.69, 9.17) is 4.74 Å². The molecule has 0 bridgehead atoms. The third-order valence-electron chi connectivity index (χ3n) is 5.14. The molecular weight excluding hydrogens is 330 g/mol. The van der Waals surface area contributed by atoms with Crippen molar-refractivity contribution in [2.45, 2.75) is 51.1 Å². The highest BCUT2D eigenvalue weighted by molar-refractivity contribution is 5.95. The maximum absolute atomic E-state index is 12.5. The van der Waals surface area contributed by atoms with Crippen LogP contribution in [-0.2, 0) is 9.53 Å². The van der Waals surface area contributed by atoms with E-state index in [1.165, 1.54) is 26.4 Å². The van der Waals surface area contributed by atoms with Gasteiger partial charge in [0, 0.05) is 18.3 Å². The van der Waals surface area contributed by atoms with Crippen LogP contribution < -0.4 is 16.0 Å². The molecule has 0 spiro atoms. The van der Waals surface area contributed by atoms with Gasteiger partial charge in [0.15, 0.2) is 0 Å². The first kappa shape index (κ1) is 18.5. The van der Waals surface area contributed by atoms with E-state index in [0.717, 1.165) is 24.0 Å². The Morgan fingerprint density at radius 3 is 2.54 bits per heavy atom. The number of carbonyl (C=O) groups excluding carboxylic acids is 2. The Morgan fingerprint density at radius 1 is 1.19 bits per heavy atom. The Labute approximate surface area is 154 Å². The second-order valence-corrected chi connectivity index (χ2v) is 7.04. The minimum Gasteiger partial charge on any atom is -0.466 e. The summed E-state index contributed by atoms with van der Waals surface area (Å²) < 4.78 is 5.01. The van der Waals surface area contributed by atoms with Gasteiger partial charge < -0.3 is 20.7 Å². The van der Waals surface area contributed by atoms with Crippen LogP contribution in [0.2, 0.25) is 0 Å². The molecule has 1 aliphatic heterocycles. The van der Waals surface area contributed by atoms with E-state index >= 15 is 0 Å². The van der Waals surface area contributed by atoms with Gasteiger partial charge in [0.25, 0.3) is 0 Å². The fraction of sp³-hybridized carbons (Fsp3) is 0.500. The quantitative estimate of drug-likeness (QED) is 0.708. The molecule has 1 aliphatic carbocycles. The number of urea groups is 1. The number of aryl methyl sites for hydroxylation is 1. The van der Waals surface area contributed by atoms with E-state index in [2.05, 4.69) is 16.0 Å². The van der Waals surface area contributed by atoms with Gasteiger partial charge in [-0.15, -0.1) is 0 Å². The monoisotopic (exact) mass is 357 g/mol. The molecule has 6 heteroatoms. The van der Waals surface area contributed by atoms with E-state index in [1.54, 1.807) is 0 Å². The van der Waals surface area contributed by atoms with Crippen molar-refractivity contribution in [1.82, 2.24) is 16.0 Å². The molecule has 1 saturated carbocycles. The van der Waals surface area contributed by atoms with Crippen LogP contribution in [0.3, 0.4) is 0 Å². The number of hydrogen-bond donors (Lipinski definition) is 3. The van der Waals surface area contributed by atoms with Gasteiger partial charge >= 0.3 is 12.0 Å². The van der Waals surface area contributed by atoms with Gasteiger partial charge in [-0.3, -0.25) is 0 Å². The van der Waals surface area contributed by atoms with Crippen LogP contribution in [0.1, 0.15) is 49.3 Å². The summed E-state index contributed by atoms with van der Waals surface area (Å²) in [5.41, 5.74) is 3.04. The zero-order chi connectivity index (χ0) is 18.5. The topological polar surface area (TPSA) is 79.5 Å². The van der Waals surface area contributed by atoms with Crippen molar-refractivity contribution in [2.24, 2.45) is 0 Å². The van der Waals surface area contributed by atoms with Crippen molar-refractivity contribution in [3.05, 3.63) is 46.7 Å². The van der Waals surface area contributed by atoms with Gasteiger partial charge in [0.1, 0.15) is 0 Å². The third kappa shape index (κ3) is 4.25. The van der Waals surface area contributed by atoms with Crippen LogP contribution in [0, 0.1) is 6.92 Å². The van der Waals surface area contributed by atoms with Crippen LogP contribution in [-0.4, -0.2) is 31.7 Å². The Hall–Kier alpha value is -2.34. The molecule has 3 rings (SSSR count). The van der Waals surface area contributed by atoms with E-state index in [1.807, 2.05) is 31.2 Å². The molecule has 0 saturated heterocycles. The van der Waals surface area contributed by atoms with Crippen molar-refractivity contribution in [3.63, 3.8) is 0 Å². The second kappa shape index (κ2) is 8.36. The van der Waals surface area contributed by atoms with Crippen LogP contribution in [0.15, 0.2) is 35.5 Å². The summed E-state index contributed by atoms with van der Waals surface area (Å²) in [6.07, 6.45) is 5.99. The highest BCUT2D eigenvalue weighted by atomic mass is 16.5. The fourth-order valence-corrected chi connectivity index (χ4v) is 3.67. The lowest BCUT2D eigenvalue weighted by atomic mass is 9.93. The number of esters is 1. The van der Waals surface area contributed by atoms with E-state index < -0.39 is 12.0 Å². The number of carbonyl (C=O) groups is 2. The van der Waals surface area contributed by atoms with Crippen molar-refractivity contribution in [1.29, 1.82) is 0 Å². The van der Waals surface area contributed by atoms with Gasteiger partial charge in [-0.1, -0.05) is 49.1 Å². The third-order valence-corrected chi connectivity index (χ3v) is 5.14. The SMILES string of the molecule is COC(=O)C1=C(CNC2CCCCC2)NC(=O)NC1c1ccc(C)cc1. The number of benzene rings is 1. The average Bonchev–Trinajstić information content (AvgIpc) is 2.66. The van der Waals surface area contributed by atoms with Crippen LogP contribution >= 0.6 is 0 Å². The largest absolute Gasteiger partial charge is 0.466 e. The lowest BCUT2D eigenvalue weighted by molar-refractivity contribution is -0.136. The lowest BCUT2D eigenvalue weighted by Crippen LogP contribution is -2.48. The van der Waals surface area contributed by atoms with E-state index in [9.17, 15) is 9.59 Å². The van der Waals surface area contributed by atoms with Crippen LogP contribution in [0.4, 0.5) is 4.79 Å². The summed E-state index contributed by atoms with van der Waals surface area (Å²) in [6, 6.07) is 7.42. The standard InChI is InChI=1S/C20H27N3O3/c1-13-8-10-14(11-9-13)18-17(19(24)26-2)16(22-20(25)23-18)12-21-15-6-4-3-5-7-15/h8-11,15,18,21H,3-7,12H2,1-2H3,(H2,22,23,25). The van der Waals surface area contributed by atoms with Gasteiger partial charge in [0.05, 0.1) is 18.7 Å². The van der Waals surface area contributed by atoms with E-state index in [0.29, 0.717) is 23.9 Å². The molecule has 1 fully saturated rings. The second-order valence-electron chi connectivity index (χ2n) is 7.04. The van der Waals surface area contributed by atoms with Crippen molar-refractivity contribution in [3.8, 4) is 0 Å². The summed E-state index contributed by atoms with van der Waals surface area (Å²) >= 11 is 0. The Bertz CT molecular complexity index is 691. The molecular formula is C20H27N3O3. The molecule has 1 unspecified atom stereocenters. The molecule has 2 amide bonds. The first-order valence-electron chi connectivity index (χ1n) is 9.27. The van der Waals surface area contributed by atoms with Gasteiger partial charge in [0.2, 0.25) is 0 Å². The number of rotatable bonds is 5. The first-order chi connectivity index (χ1) is 12.6. The lowest BCUT2D eigenvalue weighted by Gasteiger charge is -2.31. The smallest absolute Gasteiger partial charge is 0.338 e. The fourth-order valence-electron chi connectivity index (χ4n) is 3.67. The Balaban J connectivity index is 1.88. The maximum Gasteiger partial charge on any atom is 0.338 e. The van der Waals surface area contributed by atoms with Gasteiger partial charge in [-0.2, -0.15) is 0 Å². The Kier molecular flexibility index (Phi) is 5.93. The summed E-state index contributed by atoms with van der Waals surface area (Å²) in [4.78, 5) is 24.7. The number of nitrogens with one attached hydrogen (secondary N) is 3. The summed E-state index contributed by atoms with van der Waals surface area (Å²) in [5.74, 6) is -0.427. The minimum absolute atomic E-state index is 0.302. The van der Waals surface area contributed by atoms with Crippen molar-refractivity contribution >= 4 is 12.0 Å². The highest BCUT2D eigenvalue weighted by Gasteiger charge is 2.33. The number of ether oxygens (including phenoxy) is 1. The van der Waals surface area contributed by atoms with Crippen LogP contribution in [0.25, 0.3) is 0 Å². The number of methoxy groups -OCH3 is 1. The van der Waals surface area contributed by atoms with E-state index in [-0.39, 0.29) is 6.03 Å². The molecule has 6 nitrogen and oxygen atoms in total. The predicted octanol–water partition coefficient (Wildman–Crippen LogP) is 2.70. The molecule has 1 atom stereocenters. The minimum atomic E-state index is -0.514. The molecule has 0 radical (unpaired) electrons. The molecule has 1 aromatic carbocycles. The normalized spacial score (nSPS) is 21.2. The zero-order valence-electron chi connectivity index (χ0n) is 15.4. The summed E-state index contributed by atoms with van der Waals surface area (Å²) in [7, 11) is 1.37. The zero-order valence-corrected chi connectivity index (χ0v) is 15.4. The number of hydrogen-bond acceptors (Lipinski definition) is 4. The predicted molar refractivity (Wildman–Crippen MR) is 99.5 cm³/mol. The molecule has 3 N–H and O–H groups in total. The maximum atomic E-state index is 12.5. The first-order valence-corrected chi connectivity index (χ1v) is 9.27. The number of amides is 2. The molecule has 26 heavy (non-hydrogen) atoms. The molecule has 2 aliphatic rings. The van der Waals surface area contributed by atoms with Crippen molar-refractivity contribution in [2.75, 3.05) is 13.7 Å². The average molecular weight is 357 g/mol. The summed E-state index contributed by atoms with van der Waals surface area (Å²) in [5, 5.41) is 9.14.